The number of rotatable bonds is 5. The number of nitrogen functional groups attached to an aromatic ring is 1. The lowest BCUT2D eigenvalue weighted by atomic mass is 10.1. The van der Waals surface area contributed by atoms with Gasteiger partial charge in [0.1, 0.15) is 0 Å². The molecule has 1 heterocycles. The van der Waals surface area contributed by atoms with E-state index >= 15 is 0 Å². The first-order chi connectivity index (χ1) is 9.27. The molecule has 1 aliphatic carbocycles. The van der Waals surface area contributed by atoms with Gasteiger partial charge in [0.2, 0.25) is 0 Å². The van der Waals surface area contributed by atoms with Gasteiger partial charge < -0.3 is 15.4 Å². The maximum absolute atomic E-state index is 12.6. The van der Waals surface area contributed by atoms with Crippen LogP contribution in [-0.4, -0.2) is 40.1 Å². The van der Waals surface area contributed by atoms with E-state index in [0.29, 0.717) is 17.9 Å². The molecule has 0 aromatic carbocycles. The summed E-state index contributed by atoms with van der Waals surface area (Å²) in [7, 11) is 0. The highest BCUT2D eigenvalue weighted by atomic mass is 16.3. The standard InChI is InChI=1S/C13H20N4O2/c14-16-12-11(6-3-7-15-12)13(19)17(8-9-18)10-4-1-2-5-10/h3,6-7,10,18H,1-2,4-5,8-9,14H2,(H,15,16). The highest BCUT2D eigenvalue weighted by Gasteiger charge is 2.28. The van der Waals surface area contributed by atoms with E-state index in [1.807, 2.05) is 0 Å². The Morgan fingerprint density at radius 1 is 1.53 bits per heavy atom. The Morgan fingerprint density at radius 3 is 2.89 bits per heavy atom. The minimum Gasteiger partial charge on any atom is -0.395 e. The Morgan fingerprint density at radius 2 is 2.26 bits per heavy atom. The number of hydrogen-bond donors (Lipinski definition) is 3. The largest absolute Gasteiger partial charge is 0.395 e. The van der Waals surface area contributed by atoms with E-state index in [9.17, 15) is 4.79 Å². The topological polar surface area (TPSA) is 91.5 Å². The van der Waals surface area contributed by atoms with Crippen molar-refractivity contribution in [3.05, 3.63) is 23.9 Å². The van der Waals surface area contributed by atoms with Gasteiger partial charge in [-0.1, -0.05) is 12.8 Å². The summed E-state index contributed by atoms with van der Waals surface area (Å²) < 4.78 is 0. The van der Waals surface area contributed by atoms with Crippen LogP contribution in [-0.2, 0) is 0 Å². The number of pyridine rings is 1. The molecule has 1 saturated carbocycles. The number of nitrogens with two attached hydrogens (primary N) is 1. The van der Waals surface area contributed by atoms with Crippen molar-refractivity contribution in [1.82, 2.24) is 9.88 Å². The van der Waals surface area contributed by atoms with Gasteiger partial charge in [-0.2, -0.15) is 0 Å². The number of carbonyl (C=O) groups excluding carboxylic acids is 1. The molecule has 1 aromatic heterocycles. The van der Waals surface area contributed by atoms with Crippen LogP contribution in [0.3, 0.4) is 0 Å². The van der Waals surface area contributed by atoms with E-state index < -0.39 is 0 Å². The maximum atomic E-state index is 12.6. The predicted octanol–water partition coefficient (Wildman–Crippen LogP) is 0.744. The number of carbonyl (C=O) groups is 1. The number of nitrogens with one attached hydrogen (secondary N) is 1. The molecular formula is C13H20N4O2. The highest BCUT2D eigenvalue weighted by Crippen LogP contribution is 2.25. The van der Waals surface area contributed by atoms with Crippen molar-refractivity contribution >= 4 is 11.7 Å². The van der Waals surface area contributed by atoms with E-state index in [1.54, 1.807) is 23.2 Å². The van der Waals surface area contributed by atoms with E-state index in [0.717, 1.165) is 25.7 Å². The molecule has 0 unspecified atom stereocenters. The fraction of sp³-hybridized carbons (Fsp3) is 0.538. The summed E-state index contributed by atoms with van der Waals surface area (Å²) in [6.45, 7) is 0.316. The first-order valence-corrected chi connectivity index (χ1v) is 6.61. The summed E-state index contributed by atoms with van der Waals surface area (Å²) in [4.78, 5) is 18.4. The van der Waals surface area contributed by atoms with Crippen LogP contribution in [0.4, 0.5) is 5.82 Å². The fourth-order valence-electron chi connectivity index (χ4n) is 2.62. The van der Waals surface area contributed by atoms with Crippen LogP contribution in [0.2, 0.25) is 0 Å². The Hall–Kier alpha value is -1.66. The van der Waals surface area contributed by atoms with E-state index in [1.165, 1.54) is 0 Å². The van der Waals surface area contributed by atoms with Crippen LogP contribution in [0, 0.1) is 0 Å². The number of aliphatic hydroxyl groups excluding tert-OH is 1. The molecule has 1 aromatic rings. The highest BCUT2D eigenvalue weighted by molar-refractivity contribution is 5.98. The molecule has 1 amide bonds. The number of hydrazine groups is 1. The lowest BCUT2D eigenvalue weighted by molar-refractivity contribution is 0.0638. The molecule has 0 bridgehead atoms. The fourth-order valence-corrected chi connectivity index (χ4v) is 2.62. The zero-order valence-corrected chi connectivity index (χ0v) is 10.9. The van der Waals surface area contributed by atoms with Crippen LogP contribution in [0.5, 0.6) is 0 Å². The van der Waals surface area contributed by atoms with Crippen LogP contribution >= 0.6 is 0 Å². The van der Waals surface area contributed by atoms with Gasteiger partial charge in [-0.05, 0) is 25.0 Å². The van der Waals surface area contributed by atoms with Crippen LogP contribution < -0.4 is 11.3 Å². The number of aliphatic hydroxyl groups is 1. The Bertz CT molecular complexity index is 432. The quantitative estimate of drug-likeness (QED) is 0.539. The summed E-state index contributed by atoms with van der Waals surface area (Å²) in [5.41, 5.74) is 2.89. The monoisotopic (exact) mass is 264 g/mol. The van der Waals surface area contributed by atoms with Gasteiger partial charge >= 0.3 is 0 Å². The Balaban J connectivity index is 2.22. The predicted molar refractivity (Wildman–Crippen MR) is 72.4 cm³/mol. The number of nitrogens with zero attached hydrogens (tertiary/aromatic N) is 2. The molecule has 0 spiro atoms. The molecule has 104 valence electrons. The second-order valence-electron chi connectivity index (χ2n) is 4.70. The number of anilines is 1. The second-order valence-corrected chi connectivity index (χ2v) is 4.70. The van der Waals surface area contributed by atoms with E-state index in [-0.39, 0.29) is 18.6 Å². The molecule has 4 N–H and O–H groups in total. The second kappa shape index (κ2) is 6.49. The van der Waals surface area contributed by atoms with Crippen LogP contribution in [0.15, 0.2) is 18.3 Å². The summed E-state index contributed by atoms with van der Waals surface area (Å²) in [6.07, 6.45) is 5.84. The minimum absolute atomic E-state index is 0.0338. The van der Waals surface area contributed by atoms with Gasteiger partial charge in [0.25, 0.3) is 5.91 Å². The third kappa shape index (κ3) is 3.02. The first-order valence-electron chi connectivity index (χ1n) is 6.61. The van der Waals surface area contributed by atoms with Crippen molar-refractivity contribution in [3.8, 4) is 0 Å². The molecule has 19 heavy (non-hydrogen) atoms. The number of amides is 1. The summed E-state index contributed by atoms with van der Waals surface area (Å²) >= 11 is 0. The van der Waals surface area contributed by atoms with Gasteiger partial charge in [-0.25, -0.2) is 10.8 Å². The lowest BCUT2D eigenvalue weighted by Gasteiger charge is -2.28. The number of aromatic nitrogens is 1. The molecule has 1 aliphatic rings. The maximum Gasteiger partial charge on any atom is 0.257 e. The first kappa shape index (κ1) is 13.8. The molecule has 0 radical (unpaired) electrons. The van der Waals surface area contributed by atoms with E-state index in [4.69, 9.17) is 10.9 Å². The van der Waals surface area contributed by atoms with Crippen LogP contribution in [0.25, 0.3) is 0 Å². The normalized spacial score (nSPS) is 15.5. The van der Waals surface area contributed by atoms with Crippen molar-refractivity contribution in [3.63, 3.8) is 0 Å². The van der Waals surface area contributed by atoms with Crippen molar-refractivity contribution in [1.29, 1.82) is 0 Å². The minimum atomic E-state index is -0.123. The zero-order valence-electron chi connectivity index (χ0n) is 10.9. The lowest BCUT2D eigenvalue weighted by Crippen LogP contribution is -2.41. The molecule has 1 fully saturated rings. The third-order valence-electron chi connectivity index (χ3n) is 3.54. The molecule has 2 rings (SSSR count). The van der Waals surface area contributed by atoms with Crippen molar-refractivity contribution in [2.24, 2.45) is 5.84 Å². The SMILES string of the molecule is NNc1ncccc1C(=O)N(CCO)C1CCCC1. The van der Waals surface area contributed by atoms with Gasteiger partial charge in [0, 0.05) is 18.8 Å². The van der Waals surface area contributed by atoms with Gasteiger partial charge in [0.05, 0.1) is 12.2 Å². The third-order valence-corrected chi connectivity index (χ3v) is 3.54. The summed E-state index contributed by atoms with van der Waals surface area (Å²) in [6, 6.07) is 3.62. The van der Waals surface area contributed by atoms with Crippen molar-refractivity contribution in [2.45, 2.75) is 31.7 Å². The molecule has 6 nitrogen and oxygen atoms in total. The average molecular weight is 264 g/mol. The van der Waals surface area contributed by atoms with Crippen molar-refractivity contribution in [2.75, 3.05) is 18.6 Å². The van der Waals surface area contributed by atoms with E-state index in [2.05, 4.69) is 10.4 Å². The Kier molecular flexibility index (Phi) is 4.70. The summed E-state index contributed by atoms with van der Waals surface area (Å²) in [5.74, 6) is 5.63. The zero-order chi connectivity index (χ0) is 13.7. The molecule has 0 atom stereocenters. The summed E-state index contributed by atoms with van der Waals surface area (Å²) in [5, 5.41) is 9.17. The molecular weight excluding hydrogens is 244 g/mol. The molecule has 0 saturated heterocycles. The molecule has 0 aliphatic heterocycles. The number of hydrogen-bond acceptors (Lipinski definition) is 5. The van der Waals surface area contributed by atoms with Gasteiger partial charge in [-0.15, -0.1) is 0 Å². The smallest absolute Gasteiger partial charge is 0.257 e. The van der Waals surface area contributed by atoms with Gasteiger partial charge in [-0.3, -0.25) is 4.79 Å². The van der Waals surface area contributed by atoms with Crippen LogP contribution in [0.1, 0.15) is 36.0 Å². The average Bonchev–Trinajstić information content (AvgIpc) is 2.98. The van der Waals surface area contributed by atoms with Gasteiger partial charge in [0.15, 0.2) is 5.82 Å². The Labute approximate surface area is 112 Å². The van der Waals surface area contributed by atoms with Crippen molar-refractivity contribution < 1.29 is 9.90 Å². The molecule has 6 heteroatoms.